The maximum absolute atomic E-state index is 12.2. The predicted molar refractivity (Wildman–Crippen MR) is 53.1 cm³/mol. The van der Waals surface area contributed by atoms with E-state index in [4.69, 9.17) is 0 Å². The minimum absolute atomic E-state index is 0.210. The summed E-state index contributed by atoms with van der Waals surface area (Å²) in [6.45, 7) is 1.65. The third-order valence-corrected chi connectivity index (χ3v) is 2.08. The van der Waals surface area contributed by atoms with Crippen LogP contribution in [0.15, 0.2) is 29.4 Å². The van der Waals surface area contributed by atoms with Crippen molar-refractivity contribution < 1.29 is 17.9 Å². The van der Waals surface area contributed by atoms with E-state index in [1.807, 2.05) is 13.0 Å². The highest BCUT2D eigenvalue weighted by Crippen LogP contribution is 2.25. The van der Waals surface area contributed by atoms with Gasteiger partial charge in [0.05, 0.1) is 5.69 Å². The second-order valence-electron chi connectivity index (χ2n) is 3.41. The number of alkyl halides is 3. The van der Waals surface area contributed by atoms with Crippen molar-refractivity contribution in [1.82, 2.24) is 0 Å². The Labute approximate surface area is 90.1 Å². The number of hydrogen-bond acceptors (Lipinski definition) is 3. The van der Waals surface area contributed by atoms with Crippen LogP contribution in [-0.4, -0.2) is 18.8 Å². The number of ether oxygens (including phenoxy) is 1. The van der Waals surface area contributed by atoms with Crippen molar-refractivity contribution in [2.24, 2.45) is 5.10 Å². The first-order chi connectivity index (χ1) is 7.47. The Balaban J connectivity index is 2.23. The average molecular weight is 230 g/mol. The predicted octanol–water partition coefficient (Wildman–Crippen LogP) is 2.66. The number of hydrogen-bond donors (Lipinski definition) is 0. The average Bonchev–Trinajstić information content (AvgIpc) is 2.65. The van der Waals surface area contributed by atoms with Crippen LogP contribution in [0.5, 0.6) is 0 Å². The van der Waals surface area contributed by atoms with Crippen molar-refractivity contribution in [3.05, 3.63) is 29.8 Å². The van der Waals surface area contributed by atoms with E-state index in [0.29, 0.717) is 5.69 Å². The molecule has 2 rings (SSSR count). The van der Waals surface area contributed by atoms with Crippen LogP contribution in [0, 0.1) is 6.92 Å². The van der Waals surface area contributed by atoms with E-state index in [1.165, 1.54) is 5.01 Å². The number of anilines is 1. The molecule has 86 valence electrons. The highest BCUT2D eigenvalue weighted by Gasteiger charge is 2.42. The number of halogens is 3. The van der Waals surface area contributed by atoms with Crippen molar-refractivity contribution >= 4 is 11.6 Å². The van der Waals surface area contributed by atoms with Gasteiger partial charge < -0.3 is 4.74 Å². The van der Waals surface area contributed by atoms with Crippen LogP contribution in [0.25, 0.3) is 0 Å². The normalized spacial score (nSPS) is 16.0. The van der Waals surface area contributed by atoms with Crippen molar-refractivity contribution in [1.29, 1.82) is 0 Å². The Hall–Kier alpha value is -1.72. The topological polar surface area (TPSA) is 24.8 Å². The van der Waals surface area contributed by atoms with Crippen LogP contribution < -0.4 is 5.01 Å². The van der Waals surface area contributed by atoms with Crippen molar-refractivity contribution in [2.45, 2.75) is 13.1 Å². The fourth-order valence-electron chi connectivity index (χ4n) is 1.35. The molecule has 0 radical (unpaired) electrons. The summed E-state index contributed by atoms with van der Waals surface area (Å²) < 4.78 is 41.2. The van der Waals surface area contributed by atoms with Gasteiger partial charge in [0.1, 0.15) is 0 Å². The Morgan fingerprint density at radius 1 is 1.38 bits per heavy atom. The molecule has 0 aliphatic carbocycles. The summed E-state index contributed by atoms with van der Waals surface area (Å²) in [5.41, 5.74) is 1.53. The SMILES string of the molecule is Cc1cccc(N2COC(C(F)(F)F)=N2)c1. The molecule has 0 unspecified atom stereocenters. The van der Waals surface area contributed by atoms with E-state index in [-0.39, 0.29) is 6.73 Å². The van der Waals surface area contributed by atoms with E-state index < -0.39 is 12.1 Å². The van der Waals surface area contributed by atoms with E-state index in [0.717, 1.165) is 5.56 Å². The highest BCUT2D eigenvalue weighted by molar-refractivity contribution is 5.84. The van der Waals surface area contributed by atoms with Crippen LogP contribution in [0.3, 0.4) is 0 Å². The Morgan fingerprint density at radius 2 is 2.12 bits per heavy atom. The largest absolute Gasteiger partial charge is 0.470 e. The highest BCUT2D eigenvalue weighted by atomic mass is 19.4. The quantitative estimate of drug-likeness (QED) is 0.740. The molecule has 0 saturated carbocycles. The lowest BCUT2D eigenvalue weighted by molar-refractivity contribution is -0.0752. The van der Waals surface area contributed by atoms with Crippen LogP contribution in [0.2, 0.25) is 0 Å². The van der Waals surface area contributed by atoms with Gasteiger partial charge >= 0.3 is 12.1 Å². The summed E-state index contributed by atoms with van der Waals surface area (Å²) in [7, 11) is 0. The molecule has 0 saturated heterocycles. The van der Waals surface area contributed by atoms with E-state index >= 15 is 0 Å². The summed E-state index contributed by atoms with van der Waals surface area (Å²) in [6.07, 6.45) is -4.53. The molecule has 1 aliphatic heterocycles. The van der Waals surface area contributed by atoms with E-state index in [9.17, 15) is 13.2 Å². The van der Waals surface area contributed by atoms with Gasteiger partial charge in [0.25, 0.3) is 0 Å². The molecule has 0 bridgehead atoms. The molecule has 1 aromatic rings. The number of nitrogens with zero attached hydrogens (tertiary/aromatic N) is 2. The minimum Gasteiger partial charge on any atom is -0.450 e. The maximum atomic E-state index is 12.2. The minimum atomic E-state index is -4.53. The smallest absolute Gasteiger partial charge is 0.450 e. The van der Waals surface area contributed by atoms with Gasteiger partial charge in [0, 0.05) is 0 Å². The zero-order valence-electron chi connectivity index (χ0n) is 8.45. The van der Waals surface area contributed by atoms with Gasteiger partial charge in [-0.3, -0.25) is 0 Å². The summed E-state index contributed by atoms with van der Waals surface area (Å²) in [5.74, 6) is -1.20. The van der Waals surface area contributed by atoms with E-state index in [1.54, 1.807) is 18.2 Å². The Kier molecular flexibility index (Phi) is 2.49. The van der Waals surface area contributed by atoms with Crippen LogP contribution in [0.1, 0.15) is 5.56 Å². The molecule has 1 aliphatic rings. The van der Waals surface area contributed by atoms with E-state index in [2.05, 4.69) is 9.84 Å². The molecule has 0 atom stereocenters. The lowest BCUT2D eigenvalue weighted by Gasteiger charge is -2.11. The first-order valence-electron chi connectivity index (χ1n) is 4.59. The fraction of sp³-hybridized carbons (Fsp3) is 0.300. The third-order valence-electron chi connectivity index (χ3n) is 2.08. The molecule has 0 spiro atoms. The zero-order valence-corrected chi connectivity index (χ0v) is 8.45. The molecular formula is C10H9F3N2O. The Bertz CT molecular complexity index is 428. The van der Waals surface area contributed by atoms with Crippen molar-refractivity contribution in [2.75, 3.05) is 11.7 Å². The summed E-state index contributed by atoms with van der Waals surface area (Å²) >= 11 is 0. The maximum Gasteiger partial charge on any atom is 0.470 e. The van der Waals surface area contributed by atoms with Crippen LogP contribution >= 0.6 is 0 Å². The molecule has 0 aromatic heterocycles. The van der Waals surface area contributed by atoms with Gasteiger partial charge in [-0.05, 0) is 24.6 Å². The molecule has 1 aromatic carbocycles. The molecule has 0 N–H and O–H groups in total. The second kappa shape index (κ2) is 3.70. The summed E-state index contributed by atoms with van der Waals surface area (Å²) in [4.78, 5) is 0. The van der Waals surface area contributed by atoms with Gasteiger partial charge in [-0.15, -0.1) is 5.10 Å². The van der Waals surface area contributed by atoms with Gasteiger partial charge in [0.15, 0.2) is 6.73 Å². The molecule has 3 nitrogen and oxygen atoms in total. The monoisotopic (exact) mass is 230 g/mol. The second-order valence-corrected chi connectivity index (χ2v) is 3.41. The standard InChI is InChI=1S/C10H9F3N2O/c1-7-3-2-4-8(5-7)15-6-16-9(14-15)10(11,12)13/h2-5H,6H2,1H3. The van der Waals surface area contributed by atoms with Gasteiger partial charge in [-0.25, -0.2) is 5.01 Å². The lowest BCUT2D eigenvalue weighted by Crippen LogP contribution is -2.22. The molecule has 6 heteroatoms. The fourth-order valence-corrected chi connectivity index (χ4v) is 1.35. The lowest BCUT2D eigenvalue weighted by atomic mass is 10.2. The summed E-state index contributed by atoms with van der Waals surface area (Å²) in [5, 5.41) is 4.55. The molecule has 0 amide bonds. The number of aryl methyl sites for hydroxylation is 1. The van der Waals surface area contributed by atoms with Crippen LogP contribution in [-0.2, 0) is 4.74 Å². The van der Waals surface area contributed by atoms with Gasteiger partial charge in [0.2, 0.25) is 0 Å². The molecule has 16 heavy (non-hydrogen) atoms. The number of hydrazone groups is 1. The van der Waals surface area contributed by atoms with Crippen molar-refractivity contribution in [3.63, 3.8) is 0 Å². The number of benzene rings is 1. The first-order valence-corrected chi connectivity index (χ1v) is 4.59. The third kappa shape index (κ3) is 2.10. The van der Waals surface area contributed by atoms with Gasteiger partial charge in [-0.2, -0.15) is 13.2 Å². The number of rotatable bonds is 1. The van der Waals surface area contributed by atoms with Crippen molar-refractivity contribution in [3.8, 4) is 0 Å². The first kappa shape index (κ1) is 10.8. The molecule has 1 heterocycles. The molecular weight excluding hydrogens is 221 g/mol. The van der Waals surface area contributed by atoms with Gasteiger partial charge in [-0.1, -0.05) is 12.1 Å². The Morgan fingerprint density at radius 3 is 2.69 bits per heavy atom. The van der Waals surface area contributed by atoms with Crippen LogP contribution in [0.4, 0.5) is 18.9 Å². The summed E-state index contributed by atoms with van der Waals surface area (Å²) in [6, 6.07) is 7.03. The molecule has 0 fully saturated rings. The zero-order chi connectivity index (χ0) is 11.8.